The van der Waals surface area contributed by atoms with Gasteiger partial charge in [-0.3, -0.25) is 4.90 Å². The number of hydrogen-bond acceptors (Lipinski definition) is 7. The van der Waals surface area contributed by atoms with Gasteiger partial charge in [-0.1, -0.05) is 11.6 Å². The molecular formula is C23H26ClFN4O3. The van der Waals surface area contributed by atoms with Crippen LogP contribution in [0.25, 0.3) is 10.9 Å². The predicted molar refractivity (Wildman–Crippen MR) is 123 cm³/mol. The highest BCUT2D eigenvalue weighted by Crippen LogP contribution is 2.35. The van der Waals surface area contributed by atoms with Gasteiger partial charge in [-0.05, 0) is 37.6 Å². The van der Waals surface area contributed by atoms with Gasteiger partial charge in [0, 0.05) is 36.3 Å². The number of halogens is 2. The van der Waals surface area contributed by atoms with Crippen LogP contribution in [0.3, 0.4) is 0 Å². The molecule has 3 aromatic rings. The zero-order valence-electron chi connectivity index (χ0n) is 18.1. The molecule has 0 unspecified atom stereocenters. The summed E-state index contributed by atoms with van der Waals surface area (Å²) in [5.41, 5.74) is 1.32. The maximum absolute atomic E-state index is 13.5. The Kier molecular flexibility index (Phi) is 7.24. The Morgan fingerprint density at radius 3 is 2.91 bits per heavy atom. The van der Waals surface area contributed by atoms with E-state index in [1.54, 1.807) is 13.2 Å². The van der Waals surface area contributed by atoms with Gasteiger partial charge in [0.05, 0.1) is 37.5 Å². The highest BCUT2D eigenvalue weighted by molar-refractivity contribution is 6.31. The molecule has 32 heavy (non-hydrogen) atoms. The normalized spacial score (nSPS) is 16.8. The minimum Gasteiger partial charge on any atom is -0.493 e. The Morgan fingerprint density at radius 2 is 2.12 bits per heavy atom. The molecule has 1 aromatic heterocycles. The van der Waals surface area contributed by atoms with Crippen molar-refractivity contribution in [3.05, 3.63) is 47.5 Å². The van der Waals surface area contributed by atoms with E-state index in [1.807, 2.05) is 12.1 Å². The molecule has 0 bridgehead atoms. The second-order valence-electron chi connectivity index (χ2n) is 7.66. The molecule has 1 N–H and O–H groups in total. The van der Waals surface area contributed by atoms with Crippen LogP contribution < -0.4 is 14.8 Å². The van der Waals surface area contributed by atoms with Gasteiger partial charge >= 0.3 is 0 Å². The summed E-state index contributed by atoms with van der Waals surface area (Å²) in [6.07, 6.45) is 2.34. The van der Waals surface area contributed by atoms with Gasteiger partial charge in [0.1, 0.15) is 18.0 Å². The molecule has 9 heteroatoms. The lowest BCUT2D eigenvalue weighted by atomic mass is 10.2. The van der Waals surface area contributed by atoms with Gasteiger partial charge in [0.25, 0.3) is 0 Å². The Morgan fingerprint density at radius 1 is 1.25 bits per heavy atom. The number of methoxy groups -OCH3 is 1. The third-order valence-electron chi connectivity index (χ3n) is 5.46. The van der Waals surface area contributed by atoms with E-state index in [4.69, 9.17) is 25.8 Å². The first-order chi connectivity index (χ1) is 15.5. The summed E-state index contributed by atoms with van der Waals surface area (Å²) in [6.45, 7) is 6.17. The van der Waals surface area contributed by atoms with Crippen molar-refractivity contribution >= 4 is 34.0 Å². The quantitative estimate of drug-likeness (QED) is 0.490. The van der Waals surface area contributed by atoms with Crippen LogP contribution in [0.1, 0.15) is 13.3 Å². The molecule has 1 fully saturated rings. The summed E-state index contributed by atoms with van der Waals surface area (Å²) in [4.78, 5) is 11.1. The van der Waals surface area contributed by atoms with E-state index in [1.165, 1.54) is 18.5 Å². The van der Waals surface area contributed by atoms with Crippen molar-refractivity contribution in [1.29, 1.82) is 0 Å². The van der Waals surface area contributed by atoms with Crippen LogP contribution in [0.5, 0.6) is 11.5 Å². The molecule has 1 saturated heterocycles. The molecule has 0 radical (unpaired) electrons. The second kappa shape index (κ2) is 10.3. The largest absolute Gasteiger partial charge is 0.493 e. The Balaban J connectivity index is 1.50. The van der Waals surface area contributed by atoms with Crippen LogP contribution in [-0.2, 0) is 4.74 Å². The fraction of sp³-hybridized carbons (Fsp3) is 0.391. The van der Waals surface area contributed by atoms with Crippen molar-refractivity contribution in [2.45, 2.75) is 19.4 Å². The van der Waals surface area contributed by atoms with E-state index in [9.17, 15) is 4.39 Å². The number of anilines is 2. The molecule has 0 spiro atoms. The van der Waals surface area contributed by atoms with Gasteiger partial charge in [-0.25, -0.2) is 14.4 Å². The fourth-order valence-electron chi connectivity index (χ4n) is 3.69. The molecular weight excluding hydrogens is 435 g/mol. The average molecular weight is 461 g/mol. The maximum Gasteiger partial charge on any atom is 0.162 e. The molecule has 7 nitrogen and oxygen atoms in total. The van der Waals surface area contributed by atoms with E-state index in [0.717, 1.165) is 38.1 Å². The molecule has 1 aliphatic rings. The summed E-state index contributed by atoms with van der Waals surface area (Å²) in [5.74, 6) is 1.31. The third kappa shape index (κ3) is 5.20. The summed E-state index contributed by atoms with van der Waals surface area (Å²) < 4.78 is 30.6. The van der Waals surface area contributed by atoms with Crippen molar-refractivity contribution in [1.82, 2.24) is 14.9 Å². The van der Waals surface area contributed by atoms with Crippen LogP contribution in [0.15, 0.2) is 36.7 Å². The van der Waals surface area contributed by atoms with Crippen molar-refractivity contribution in [2.24, 2.45) is 0 Å². The highest BCUT2D eigenvalue weighted by atomic mass is 35.5. The molecule has 170 valence electrons. The number of nitrogens with zero attached hydrogens (tertiary/aromatic N) is 3. The number of hydrogen-bond donors (Lipinski definition) is 1. The second-order valence-corrected chi connectivity index (χ2v) is 8.07. The monoisotopic (exact) mass is 460 g/mol. The van der Waals surface area contributed by atoms with Gasteiger partial charge in [-0.15, -0.1) is 0 Å². The standard InChI is InChI=1S/C23H26ClFN4O3/c1-15-13-31-9-7-29(15)6-3-8-32-22-11-17-20(12-21(22)30-2)26-14-27-23(17)28-16-4-5-19(25)18(24)10-16/h4-5,10-12,14-15H,3,6-9,13H2,1-2H3,(H,26,27,28)/t15-/m1/s1. The van der Waals surface area contributed by atoms with Crippen molar-refractivity contribution in [3.63, 3.8) is 0 Å². The topological polar surface area (TPSA) is 68.7 Å². The minimum atomic E-state index is -0.475. The summed E-state index contributed by atoms with van der Waals surface area (Å²) in [6, 6.07) is 8.52. The SMILES string of the molecule is COc1cc2ncnc(Nc3ccc(F)c(Cl)c3)c2cc1OCCCN1CCOC[C@H]1C. The fourth-order valence-corrected chi connectivity index (χ4v) is 3.87. The summed E-state index contributed by atoms with van der Waals surface area (Å²) in [5, 5.41) is 3.97. The van der Waals surface area contributed by atoms with Gasteiger partial charge in [0.15, 0.2) is 11.5 Å². The van der Waals surface area contributed by atoms with E-state index in [2.05, 4.69) is 27.1 Å². The van der Waals surface area contributed by atoms with E-state index < -0.39 is 5.82 Å². The van der Waals surface area contributed by atoms with Crippen molar-refractivity contribution in [2.75, 3.05) is 45.3 Å². The first-order valence-corrected chi connectivity index (χ1v) is 10.9. The minimum absolute atomic E-state index is 0.0358. The van der Waals surface area contributed by atoms with E-state index in [0.29, 0.717) is 41.2 Å². The first kappa shape index (κ1) is 22.5. The first-order valence-electron chi connectivity index (χ1n) is 10.5. The zero-order valence-corrected chi connectivity index (χ0v) is 18.9. The number of nitrogens with one attached hydrogen (secondary N) is 1. The molecule has 4 rings (SSSR count). The van der Waals surface area contributed by atoms with Crippen molar-refractivity contribution < 1.29 is 18.6 Å². The number of ether oxygens (including phenoxy) is 3. The zero-order chi connectivity index (χ0) is 22.5. The van der Waals surface area contributed by atoms with Gasteiger partial charge < -0.3 is 19.5 Å². The summed E-state index contributed by atoms with van der Waals surface area (Å²) in [7, 11) is 1.60. The smallest absolute Gasteiger partial charge is 0.162 e. The van der Waals surface area contributed by atoms with E-state index in [-0.39, 0.29) is 5.02 Å². The molecule has 0 amide bonds. The van der Waals surface area contributed by atoms with Crippen LogP contribution in [0.2, 0.25) is 5.02 Å². The number of morpholine rings is 1. The Labute approximate surface area is 191 Å². The van der Waals surface area contributed by atoms with Crippen LogP contribution in [-0.4, -0.2) is 60.9 Å². The average Bonchev–Trinajstić information content (AvgIpc) is 2.80. The van der Waals surface area contributed by atoms with Gasteiger partial charge in [-0.2, -0.15) is 0 Å². The van der Waals surface area contributed by atoms with Crippen LogP contribution in [0.4, 0.5) is 15.9 Å². The van der Waals surface area contributed by atoms with Crippen molar-refractivity contribution in [3.8, 4) is 11.5 Å². The van der Waals surface area contributed by atoms with Gasteiger partial charge in [0.2, 0.25) is 0 Å². The molecule has 2 heterocycles. The third-order valence-corrected chi connectivity index (χ3v) is 5.75. The lowest BCUT2D eigenvalue weighted by Crippen LogP contribution is -2.44. The van der Waals surface area contributed by atoms with E-state index >= 15 is 0 Å². The molecule has 0 aliphatic carbocycles. The molecule has 2 aromatic carbocycles. The predicted octanol–water partition coefficient (Wildman–Crippen LogP) is 4.66. The maximum atomic E-state index is 13.5. The lowest BCUT2D eigenvalue weighted by Gasteiger charge is -2.33. The highest BCUT2D eigenvalue weighted by Gasteiger charge is 2.18. The molecule has 1 atom stereocenters. The van der Waals surface area contributed by atoms with Crippen LogP contribution in [0, 0.1) is 5.82 Å². The Hall–Kier alpha value is -2.68. The number of benzene rings is 2. The number of aromatic nitrogens is 2. The number of fused-ring (bicyclic) bond motifs is 1. The lowest BCUT2D eigenvalue weighted by molar-refractivity contribution is -0.00203. The Bertz CT molecular complexity index is 1080. The molecule has 1 aliphatic heterocycles. The summed E-state index contributed by atoms with van der Waals surface area (Å²) >= 11 is 5.90. The molecule has 0 saturated carbocycles. The number of rotatable bonds is 8. The van der Waals surface area contributed by atoms with Crippen LogP contribution >= 0.6 is 11.6 Å².